The molecule has 0 heterocycles. The van der Waals surface area contributed by atoms with E-state index in [4.69, 9.17) is 4.18 Å². The Balaban J connectivity index is 1.91. The Bertz CT molecular complexity index is 1070. The number of halogens is 2. The average Bonchev–Trinajstić information content (AvgIpc) is 2.64. The maximum atomic E-state index is 12.6. The second kappa shape index (κ2) is 8.24. The molecule has 1 amide bonds. The summed E-state index contributed by atoms with van der Waals surface area (Å²) in [6.07, 6.45) is 0. The van der Waals surface area contributed by atoms with Gasteiger partial charge in [0.15, 0.2) is 5.75 Å². The fourth-order valence-electron chi connectivity index (χ4n) is 2.24. The highest BCUT2D eigenvalue weighted by Crippen LogP contribution is 2.28. The molecule has 0 saturated heterocycles. The number of carbonyl (C=O) groups excluding carboxylic acids is 1. The molecule has 0 aliphatic heterocycles. The van der Waals surface area contributed by atoms with Crippen LogP contribution in [0, 0.1) is 0 Å². The zero-order valence-electron chi connectivity index (χ0n) is 13.7. The lowest BCUT2D eigenvalue weighted by molar-refractivity contribution is 0.102. The summed E-state index contributed by atoms with van der Waals surface area (Å²) >= 11 is 6.60. The van der Waals surface area contributed by atoms with Gasteiger partial charge in [-0.15, -0.1) is 0 Å². The number of nitrogens with one attached hydrogen (secondary N) is 1. The Kier molecular flexibility index (Phi) is 5.98. The van der Waals surface area contributed by atoms with Crippen LogP contribution < -0.4 is 9.50 Å². The lowest BCUT2D eigenvalue weighted by Crippen LogP contribution is -2.16. The fraction of sp³-hybridized carbons (Fsp3) is 0. The summed E-state index contributed by atoms with van der Waals surface area (Å²) in [5.41, 5.74) is 0.670. The minimum atomic E-state index is -4.07. The van der Waals surface area contributed by atoms with Crippen LogP contribution in [0.4, 0.5) is 5.69 Å². The molecular formula is C19H13Br2NO4S. The normalized spacial score (nSPS) is 11.0. The molecule has 0 aliphatic rings. The van der Waals surface area contributed by atoms with Gasteiger partial charge in [-0.1, -0.05) is 50.1 Å². The molecule has 5 nitrogen and oxygen atoms in total. The maximum absolute atomic E-state index is 12.6. The Hall–Kier alpha value is -2.16. The molecule has 0 spiro atoms. The summed E-state index contributed by atoms with van der Waals surface area (Å²) in [5, 5.41) is 2.72. The number of anilines is 1. The maximum Gasteiger partial charge on any atom is 0.339 e. The van der Waals surface area contributed by atoms with Gasteiger partial charge < -0.3 is 9.50 Å². The van der Waals surface area contributed by atoms with Crippen molar-refractivity contribution in [2.45, 2.75) is 4.90 Å². The summed E-state index contributed by atoms with van der Waals surface area (Å²) in [4.78, 5) is 12.6. The smallest absolute Gasteiger partial charge is 0.339 e. The van der Waals surface area contributed by atoms with Gasteiger partial charge in [0.25, 0.3) is 5.91 Å². The summed E-state index contributed by atoms with van der Waals surface area (Å²) in [6.45, 7) is 0. The van der Waals surface area contributed by atoms with Crippen LogP contribution >= 0.6 is 31.9 Å². The highest BCUT2D eigenvalue weighted by Gasteiger charge is 2.21. The van der Waals surface area contributed by atoms with Crippen molar-refractivity contribution >= 4 is 53.6 Å². The number of hydrogen-bond donors (Lipinski definition) is 1. The molecule has 0 bridgehead atoms. The largest absolute Gasteiger partial charge is 0.378 e. The second-order valence-corrected chi connectivity index (χ2v) is 8.83. The van der Waals surface area contributed by atoms with Gasteiger partial charge in [-0.05, 0) is 54.6 Å². The van der Waals surface area contributed by atoms with Crippen molar-refractivity contribution in [3.05, 3.63) is 87.3 Å². The van der Waals surface area contributed by atoms with Crippen molar-refractivity contribution in [1.82, 2.24) is 0 Å². The molecule has 27 heavy (non-hydrogen) atoms. The number of hydrogen-bond acceptors (Lipinski definition) is 4. The molecule has 138 valence electrons. The van der Waals surface area contributed by atoms with Crippen LogP contribution in [0.1, 0.15) is 10.4 Å². The monoisotopic (exact) mass is 509 g/mol. The van der Waals surface area contributed by atoms with Crippen molar-refractivity contribution in [3.63, 3.8) is 0 Å². The number of carbonyl (C=O) groups is 1. The molecule has 0 fully saturated rings. The van der Waals surface area contributed by atoms with Gasteiger partial charge in [-0.3, -0.25) is 4.79 Å². The van der Waals surface area contributed by atoms with Crippen molar-refractivity contribution in [2.75, 3.05) is 5.32 Å². The van der Waals surface area contributed by atoms with E-state index in [1.165, 1.54) is 24.3 Å². The lowest BCUT2D eigenvalue weighted by Gasteiger charge is -2.12. The van der Waals surface area contributed by atoms with Gasteiger partial charge in [0.1, 0.15) is 4.90 Å². The lowest BCUT2D eigenvalue weighted by atomic mass is 10.2. The number of amides is 1. The van der Waals surface area contributed by atoms with Crippen LogP contribution in [-0.2, 0) is 10.1 Å². The van der Waals surface area contributed by atoms with E-state index < -0.39 is 16.0 Å². The third kappa shape index (κ3) is 4.97. The van der Waals surface area contributed by atoms with Crippen molar-refractivity contribution in [2.24, 2.45) is 0 Å². The van der Waals surface area contributed by atoms with E-state index in [1.807, 2.05) is 0 Å². The van der Waals surface area contributed by atoms with Crippen molar-refractivity contribution in [1.29, 1.82) is 0 Å². The van der Waals surface area contributed by atoms with E-state index in [-0.39, 0.29) is 16.2 Å². The molecule has 0 aromatic heterocycles. The zero-order valence-corrected chi connectivity index (χ0v) is 17.7. The highest BCUT2D eigenvalue weighted by molar-refractivity contribution is 9.10. The van der Waals surface area contributed by atoms with Crippen molar-refractivity contribution in [3.8, 4) is 5.75 Å². The predicted octanol–water partition coefficient (Wildman–Crippen LogP) is 5.23. The van der Waals surface area contributed by atoms with E-state index in [0.717, 1.165) is 4.47 Å². The number of rotatable bonds is 5. The van der Waals surface area contributed by atoms with Crippen molar-refractivity contribution < 1.29 is 17.4 Å². The SMILES string of the molecule is O=C(Nc1ccc(Br)cc1)c1ccc(Br)cc1OS(=O)(=O)c1ccccc1. The summed E-state index contributed by atoms with van der Waals surface area (Å²) in [7, 11) is -4.07. The first-order valence-electron chi connectivity index (χ1n) is 7.71. The molecule has 3 aromatic rings. The van der Waals surface area contributed by atoms with Crippen LogP contribution in [0.25, 0.3) is 0 Å². The molecule has 0 saturated carbocycles. The first-order chi connectivity index (χ1) is 12.8. The fourth-order valence-corrected chi connectivity index (χ4v) is 3.80. The molecule has 3 rings (SSSR count). The second-order valence-electron chi connectivity index (χ2n) is 5.45. The summed E-state index contributed by atoms with van der Waals surface area (Å²) in [6, 6.07) is 19.3. The van der Waals surface area contributed by atoms with Crippen LogP contribution in [0.15, 0.2) is 86.6 Å². The molecule has 0 radical (unpaired) electrons. The van der Waals surface area contributed by atoms with Gasteiger partial charge in [-0.25, -0.2) is 0 Å². The van der Waals surface area contributed by atoms with Gasteiger partial charge in [-0.2, -0.15) is 8.42 Å². The van der Waals surface area contributed by atoms with Gasteiger partial charge in [0.2, 0.25) is 0 Å². The standard InChI is InChI=1S/C19H13Br2NO4S/c20-13-6-9-15(10-7-13)22-19(23)17-11-8-14(21)12-18(17)26-27(24,25)16-4-2-1-3-5-16/h1-12H,(H,22,23). The first kappa shape index (κ1) is 19.6. The van der Waals surface area contributed by atoms with Crippen LogP contribution in [-0.4, -0.2) is 14.3 Å². The van der Waals surface area contributed by atoms with E-state index in [0.29, 0.717) is 10.2 Å². The molecule has 8 heteroatoms. The highest BCUT2D eigenvalue weighted by atomic mass is 79.9. The third-order valence-corrected chi connectivity index (χ3v) is 5.79. The van der Waals surface area contributed by atoms with Gasteiger partial charge in [0.05, 0.1) is 5.56 Å². The van der Waals surface area contributed by atoms with E-state index >= 15 is 0 Å². The molecular weight excluding hydrogens is 498 g/mol. The predicted molar refractivity (Wildman–Crippen MR) is 110 cm³/mol. The number of benzene rings is 3. The van der Waals surface area contributed by atoms with E-state index in [1.54, 1.807) is 48.5 Å². The average molecular weight is 511 g/mol. The van der Waals surface area contributed by atoms with Gasteiger partial charge in [0, 0.05) is 14.6 Å². The quantitative estimate of drug-likeness (QED) is 0.477. The first-order valence-corrected chi connectivity index (χ1v) is 10.7. The molecule has 1 N–H and O–H groups in total. The molecule has 3 aromatic carbocycles. The van der Waals surface area contributed by atoms with Crippen LogP contribution in [0.2, 0.25) is 0 Å². The minimum absolute atomic E-state index is 0.00393. The summed E-state index contributed by atoms with van der Waals surface area (Å²) in [5.74, 6) is -0.550. The topological polar surface area (TPSA) is 72.5 Å². The Morgan fingerprint density at radius 1 is 0.852 bits per heavy atom. The van der Waals surface area contributed by atoms with Crippen LogP contribution in [0.5, 0.6) is 5.75 Å². The third-order valence-electron chi connectivity index (χ3n) is 3.52. The Morgan fingerprint density at radius 2 is 1.48 bits per heavy atom. The van der Waals surface area contributed by atoms with Gasteiger partial charge >= 0.3 is 10.1 Å². The molecule has 0 unspecified atom stereocenters. The Morgan fingerprint density at radius 3 is 2.15 bits per heavy atom. The summed E-state index contributed by atoms with van der Waals surface area (Å²) < 4.78 is 31.7. The molecule has 0 atom stereocenters. The molecule has 0 aliphatic carbocycles. The Labute approximate surface area is 173 Å². The van der Waals surface area contributed by atoms with E-state index in [2.05, 4.69) is 37.2 Å². The van der Waals surface area contributed by atoms with E-state index in [9.17, 15) is 13.2 Å². The minimum Gasteiger partial charge on any atom is -0.378 e. The zero-order chi connectivity index (χ0) is 19.4. The van der Waals surface area contributed by atoms with Crippen LogP contribution in [0.3, 0.4) is 0 Å².